The van der Waals surface area contributed by atoms with Crippen molar-refractivity contribution in [2.24, 2.45) is 0 Å². The monoisotopic (exact) mass is 477 g/mol. The van der Waals surface area contributed by atoms with Gasteiger partial charge < -0.3 is 9.30 Å². The third-order valence-electron chi connectivity index (χ3n) is 5.32. The Hall–Kier alpha value is -2.72. The van der Waals surface area contributed by atoms with E-state index in [1.807, 2.05) is 0 Å². The van der Waals surface area contributed by atoms with Crippen LogP contribution < -0.4 is 0 Å². The van der Waals surface area contributed by atoms with E-state index in [-0.39, 0.29) is 37.3 Å². The Balaban J connectivity index is 1.93. The number of carbonyl (C=O) groups excluding carboxylic acids is 1. The molecule has 1 unspecified atom stereocenters. The number of fused-ring (bicyclic) bond motifs is 1. The molecule has 5 nitrogen and oxygen atoms in total. The Morgan fingerprint density at radius 3 is 2.15 bits per heavy atom. The van der Waals surface area contributed by atoms with Gasteiger partial charge in [-0.05, 0) is 58.2 Å². The molecule has 1 atom stereocenters. The van der Waals surface area contributed by atoms with Crippen LogP contribution in [0, 0.1) is 6.92 Å². The van der Waals surface area contributed by atoms with Crippen molar-refractivity contribution in [3.63, 3.8) is 0 Å². The van der Waals surface area contributed by atoms with Crippen LogP contribution in [0.15, 0.2) is 24.3 Å². The van der Waals surface area contributed by atoms with Crippen LogP contribution in [0.25, 0.3) is 0 Å². The lowest BCUT2D eigenvalue weighted by Crippen LogP contribution is -2.45. The molecule has 182 valence electrons. The molecule has 33 heavy (non-hydrogen) atoms. The van der Waals surface area contributed by atoms with E-state index in [2.05, 4.69) is 4.98 Å². The third kappa shape index (κ3) is 5.62. The first-order chi connectivity index (χ1) is 15.1. The standard InChI is InChI=1S/C22H25F6N3O2/c1-13-17-16(10-7-14-5-8-15(9-6-14)21(23,24)25)30(19(32)33-20(2,3)4)11-12-31(17)18(29-13)22(26,27)28/h5-6,8-9,16H,7,10-12H2,1-4H3. The van der Waals surface area contributed by atoms with Gasteiger partial charge in [0.1, 0.15) is 5.60 Å². The molecular weight excluding hydrogens is 452 g/mol. The maximum absolute atomic E-state index is 13.5. The van der Waals surface area contributed by atoms with Gasteiger partial charge in [-0.3, -0.25) is 4.90 Å². The van der Waals surface area contributed by atoms with Gasteiger partial charge in [0, 0.05) is 13.1 Å². The lowest BCUT2D eigenvalue weighted by atomic mass is 9.98. The Bertz CT molecular complexity index is 1000. The zero-order valence-electron chi connectivity index (χ0n) is 18.6. The summed E-state index contributed by atoms with van der Waals surface area (Å²) in [5.41, 5.74) is -0.626. The number of amides is 1. The van der Waals surface area contributed by atoms with Crippen LogP contribution in [0.1, 0.15) is 61.6 Å². The second-order valence-electron chi connectivity index (χ2n) is 8.98. The van der Waals surface area contributed by atoms with Gasteiger partial charge in [-0.2, -0.15) is 26.3 Å². The number of nitrogens with zero attached hydrogens (tertiary/aromatic N) is 3. The molecule has 0 spiro atoms. The predicted octanol–water partition coefficient (Wildman–Crippen LogP) is 6.15. The van der Waals surface area contributed by atoms with Crippen molar-refractivity contribution < 1.29 is 35.9 Å². The van der Waals surface area contributed by atoms with Gasteiger partial charge in [0.25, 0.3) is 0 Å². The molecule has 11 heteroatoms. The first-order valence-corrected chi connectivity index (χ1v) is 10.4. The maximum Gasteiger partial charge on any atom is 0.449 e. The molecule has 3 rings (SSSR count). The van der Waals surface area contributed by atoms with E-state index in [0.717, 1.165) is 16.7 Å². The predicted molar refractivity (Wildman–Crippen MR) is 107 cm³/mol. The molecule has 0 saturated heterocycles. The third-order valence-corrected chi connectivity index (χ3v) is 5.32. The van der Waals surface area contributed by atoms with Gasteiger partial charge in [0.05, 0.1) is 23.0 Å². The summed E-state index contributed by atoms with van der Waals surface area (Å²) in [5, 5.41) is 0. The first kappa shape index (κ1) is 24.9. The number of carbonyl (C=O) groups is 1. The van der Waals surface area contributed by atoms with Crippen LogP contribution in [0.4, 0.5) is 31.1 Å². The Labute approximate surface area is 187 Å². The highest BCUT2D eigenvalue weighted by molar-refractivity contribution is 5.69. The van der Waals surface area contributed by atoms with E-state index in [9.17, 15) is 31.1 Å². The van der Waals surface area contributed by atoms with Crippen molar-refractivity contribution in [3.8, 4) is 0 Å². The zero-order valence-corrected chi connectivity index (χ0v) is 18.6. The molecule has 2 aromatic rings. The fraction of sp³-hybridized carbons (Fsp3) is 0.545. The molecule has 0 fully saturated rings. The fourth-order valence-electron chi connectivity index (χ4n) is 3.96. The molecule has 0 saturated carbocycles. The number of hydrogen-bond acceptors (Lipinski definition) is 3. The summed E-state index contributed by atoms with van der Waals surface area (Å²) < 4.78 is 85.5. The number of aromatic nitrogens is 2. The van der Waals surface area contributed by atoms with Crippen molar-refractivity contribution in [3.05, 3.63) is 52.6 Å². The highest BCUT2D eigenvalue weighted by Crippen LogP contribution is 2.38. The quantitative estimate of drug-likeness (QED) is 0.498. The SMILES string of the molecule is Cc1nc(C(F)(F)F)n2c1C(CCc1ccc(C(F)(F)F)cc1)N(C(=O)OC(C)(C)C)CC2. The van der Waals surface area contributed by atoms with E-state index in [0.29, 0.717) is 5.56 Å². The summed E-state index contributed by atoms with van der Waals surface area (Å²) in [4.78, 5) is 17.9. The van der Waals surface area contributed by atoms with Crippen LogP contribution >= 0.6 is 0 Å². The van der Waals surface area contributed by atoms with Crippen molar-refractivity contribution in [1.29, 1.82) is 0 Å². The number of halogens is 6. The van der Waals surface area contributed by atoms with E-state index in [1.54, 1.807) is 20.8 Å². The highest BCUT2D eigenvalue weighted by Gasteiger charge is 2.43. The number of ether oxygens (including phenoxy) is 1. The summed E-state index contributed by atoms with van der Waals surface area (Å²) in [5.74, 6) is -1.03. The number of aryl methyl sites for hydroxylation is 2. The molecule has 0 N–H and O–H groups in total. The van der Waals surface area contributed by atoms with Gasteiger partial charge in [0.15, 0.2) is 0 Å². The van der Waals surface area contributed by atoms with Gasteiger partial charge in [-0.15, -0.1) is 0 Å². The largest absolute Gasteiger partial charge is 0.449 e. The van der Waals surface area contributed by atoms with E-state index >= 15 is 0 Å². The average molecular weight is 477 g/mol. The zero-order chi connectivity index (χ0) is 24.8. The first-order valence-electron chi connectivity index (χ1n) is 10.4. The van der Waals surface area contributed by atoms with Gasteiger partial charge in [-0.25, -0.2) is 9.78 Å². The summed E-state index contributed by atoms with van der Waals surface area (Å²) >= 11 is 0. The molecular formula is C22H25F6N3O2. The van der Waals surface area contributed by atoms with Crippen LogP contribution in [0.2, 0.25) is 0 Å². The number of hydrogen-bond donors (Lipinski definition) is 0. The molecule has 1 aliphatic rings. The van der Waals surface area contributed by atoms with E-state index < -0.39 is 41.5 Å². The summed E-state index contributed by atoms with van der Waals surface area (Å²) in [6.45, 7) is 6.39. The molecule has 0 aliphatic carbocycles. The van der Waals surface area contributed by atoms with Crippen LogP contribution in [0.5, 0.6) is 0 Å². The molecule has 2 heterocycles. The molecule has 1 aromatic carbocycles. The van der Waals surface area contributed by atoms with E-state index in [4.69, 9.17) is 4.74 Å². The number of alkyl halides is 6. The minimum Gasteiger partial charge on any atom is -0.444 e. The minimum absolute atomic E-state index is 0.0154. The van der Waals surface area contributed by atoms with Crippen LogP contribution in [-0.2, 0) is 30.1 Å². The molecule has 1 aliphatic heterocycles. The fourth-order valence-corrected chi connectivity index (χ4v) is 3.96. The second-order valence-corrected chi connectivity index (χ2v) is 8.98. The molecule has 0 bridgehead atoms. The maximum atomic E-state index is 13.5. The van der Waals surface area contributed by atoms with Crippen molar-refractivity contribution in [1.82, 2.24) is 14.5 Å². The topological polar surface area (TPSA) is 47.4 Å². The minimum atomic E-state index is -4.66. The molecule has 1 aromatic heterocycles. The van der Waals surface area contributed by atoms with E-state index in [1.165, 1.54) is 24.0 Å². The van der Waals surface area contributed by atoms with Crippen molar-refractivity contribution in [2.45, 2.75) is 71.1 Å². The van der Waals surface area contributed by atoms with Gasteiger partial charge >= 0.3 is 18.4 Å². The number of imidazole rings is 1. The summed E-state index contributed by atoms with van der Waals surface area (Å²) in [7, 11) is 0. The normalized spacial score (nSPS) is 17.2. The highest BCUT2D eigenvalue weighted by atomic mass is 19.4. The Kier molecular flexibility index (Phi) is 6.47. The van der Waals surface area contributed by atoms with Gasteiger partial charge in [0.2, 0.25) is 5.82 Å². The molecule has 0 radical (unpaired) electrons. The Morgan fingerprint density at radius 2 is 1.64 bits per heavy atom. The number of rotatable bonds is 3. The second kappa shape index (κ2) is 8.57. The summed E-state index contributed by atoms with van der Waals surface area (Å²) in [6.07, 6.45) is -9.36. The Morgan fingerprint density at radius 1 is 1.03 bits per heavy atom. The van der Waals surface area contributed by atoms with Gasteiger partial charge in [-0.1, -0.05) is 12.1 Å². The van der Waals surface area contributed by atoms with Crippen LogP contribution in [-0.4, -0.2) is 32.7 Å². The van der Waals surface area contributed by atoms with Crippen molar-refractivity contribution in [2.75, 3.05) is 6.54 Å². The number of benzene rings is 1. The lowest BCUT2D eigenvalue weighted by Gasteiger charge is -2.38. The summed E-state index contributed by atoms with van der Waals surface area (Å²) in [6, 6.07) is 3.79. The van der Waals surface area contributed by atoms with Crippen LogP contribution in [0.3, 0.4) is 0 Å². The van der Waals surface area contributed by atoms with Crippen molar-refractivity contribution >= 4 is 6.09 Å². The average Bonchev–Trinajstić information content (AvgIpc) is 3.02. The molecule has 1 amide bonds. The lowest BCUT2D eigenvalue weighted by molar-refractivity contribution is -0.148. The smallest absolute Gasteiger partial charge is 0.444 e.